The number of fused-ring (bicyclic) bond motifs is 1. The highest BCUT2D eigenvalue weighted by Crippen LogP contribution is 2.26. The van der Waals surface area contributed by atoms with Crippen molar-refractivity contribution in [1.29, 1.82) is 0 Å². The van der Waals surface area contributed by atoms with Gasteiger partial charge in [0.25, 0.3) is 0 Å². The predicted octanol–water partition coefficient (Wildman–Crippen LogP) is 3.94. The molecule has 5 heterocycles. The van der Waals surface area contributed by atoms with Gasteiger partial charge in [0.1, 0.15) is 23.9 Å². The van der Waals surface area contributed by atoms with Crippen LogP contribution in [0.4, 0.5) is 5.82 Å². The third-order valence-electron chi connectivity index (χ3n) is 7.19. The molecule has 1 aliphatic heterocycles. The molecule has 4 aromatic heterocycles. The quantitative estimate of drug-likeness (QED) is 0.276. The second-order valence-corrected chi connectivity index (χ2v) is 10.9. The molecule has 1 unspecified atom stereocenters. The van der Waals surface area contributed by atoms with Crippen molar-refractivity contribution in [1.82, 2.24) is 34.2 Å². The fourth-order valence-electron chi connectivity index (χ4n) is 5.15. The summed E-state index contributed by atoms with van der Waals surface area (Å²) in [6.45, 7) is 10.1. The van der Waals surface area contributed by atoms with E-state index in [9.17, 15) is 0 Å². The molecule has 6 rings (SSSR count). The van der Waals surface area contributed by atoms with Crippen LogP contribution in [-0.4, -0.2) is 73.1 Å². The van der Waals surface area contributed by atoms with Crippen molar-refractivity contribution in [2.75, 3.05) is 37.8 Å². The summed E-state index contributed by atoms with van der Waals surface area (Å²) in [6.07, 6.45) is 2.87. The Morgan fingerprint density at radius 2 is 1.73 bits per heavy atom. The smallest absolute Gasteiger partial charge is 0.160 e. The molecule has 5 aromatic rings. The Kier molecular flexibility index (Phi) is 7.82. The normalized spacial score (nSPS) is 14.8. The second kappa shape index (κ2) is 11.8. The molecule has 0 bridgehead atoms. The number of hydrogen-bond donors (Lipinski definition) is 1. The minimum Gasteiger partial charge on any atom is -0.378 e. The Labute approximate surface area is 239 Å². The molecule has 1 atom stereocenters. The van der Waals surface area contributed by atoms with E-state index in [2.05, 4.69) is 30.9 Å². The monoisotopic (exact) mass is 555 g/mol. The number of rotatable bonds is 10. The summed E-state index contributed by atoms with van der Waals surface area (Å²) in [7, 11) is 0. The molecule has 41 heavy (non-hydrogen) atoms. The molecular weight excluding hydrogens is 518 g/mol. The lowest BCUT2D eigenvalue weighted by Crippen LogP contribution is -2.37. The first-order chi connectivity index (χ1) is 19.9. The van der Waals surface area contributed by atoms with Crippen molar-refractivity contribution >= 4 is 11.5 Å². The number of benzene rings is 1. The Morgan fingerprint density at radius 3 is 2.51 bits per heavy atom. The lowest BCUT2D eigenvalue weighted by Gasteiger charge is -2.29. The van der Waals surface area contributed by atoms with Crippen LogP contribution in [-0.2, 0) is 16.2 Å². The molecule has 0 radical (unpaired) electrons. The average Bonchev–Trinajstić information content (AvgIpc) is 3.72. The predicted molar refractivity (Wildman–Crippen MR) is 158 cm³/mol. The van der Waals surface area contributed by atoms with E-state index < -0.39 is 0 Å². The third kappa shape index (κ3) is 6.02. The van der Waals surface area contributed by atoms with E-state index in [1.54, 1.807) is 0 Å². The molecule has 1 saturated heterocycles. The van der Waals surface area contributed by atoms with Gasteiger partial charge in [-0.25, -0.2) is 14.3 Å². The molecule has 0 saturated carbocycles. The number of anilines is 1. The molecular formula is C30H37N9O2. The number of morpholine rings is 1. The maximum atomic E-state index is 6.18. The number of nitrogens with two attached hydrogens (primary N) is 1. The van der Waals surface area contributed by atoms with Crippen LogP contribution >= 0.6 is 0 Å². The van der Waals surface area contributed by atoms with Gasteiger partial charge in [0.2, 0.25) is 0 Å². The van der Waals surface area contributed by atoms with E-state index >= 15 is 0 Å². The van der Waals surface area contributed by atoms with Crippen LogP contribution < -0.4 is 10.6 Å². The Morgan fingerprint density at radius 1 is 0.951 bits per heavy atom. The molecule has 2 N–H and O–H groups in total. The van der Waals surface area contributed by atoms with Crippen LogP contribution in [0.5, 0.6) is 0 Å². The van der Waals surface area contributed by atoms with Crippen molar-refractivity contribution < 1.29 is 9.47 Å². The zero-order valence-electron chi connectivity index (χ0n) is 23.8. The van der Waals surface area contributed by atoms with Crippen LogP contribution in [0.3, 0.4) is 0 Å². The highest BCUT2D eigenvalue weighted by atomic mass is 16.5. The van der Waals surface area contributed by atoms with Gasteiger partial charge in [-0.1, -0.05) is 44.2 Å². The van der Waals surface area contributed by atoms with Gasteiger partial charge in [-0.05, 0) is 31.4 Å². The minimum absolute atomic E-state index is 0.0150. The summed E-state index contributed by atoms with van der Waals surface area (Å²) in [4.78, 5) is 7.22. The zero-order chi connectivity index (χ0) is 28.3. The first-order valence-electron chi connectivity index (χ1n) is 14.2. The summed E-state index contributed by atoms with van der Waals surface area (Å²) in [6, 6.07) is 18.2. The maximum absolute atomic E-state index is 6.18. The molecule has 1 fully saturated rings. The first kappa shape index (κ1) is 27.1. The van der Waals surface area contributed by atoms with Crippen LogP contribution in [0.2, 0.25) is 0 Å². The van der Waals surface area contributed by atoms with Gasteiger partial charge in [-0.15, -0.1) is 0 Å². The van der Waals surface area contributed by atoms with E-state index in [1.165, 1.54) is 0 Å². The summed E-state index contributed by atoms with van der Waals surface area (Å²) in [5.41, 5.74) is 11.4. The summed E-state index contributed by atoms with van der Waals surface area (Å²) in [5.74, 6) is 2.20. The van der Waals surface area contributed by atoms with E-state index in [1.807, 2.05) is 69.5 Å². The Balaban J connectivity index is 1.31. The molecule has 0 amide bonds. The zero-order valence-corrected chi connectivity index (χ0v) is 23.8. The first-order valence-corrected chi connectivity index (χ1v) is 14.2. The van der Waals surface area contributed by atoms with E-state index in [0.717, 1.165) is 65.1 Å². The van der Waals surface area contributed by atoms with Crippen molar-refractivity contribution in [3.05, 3.63) is 66.5 Å². The summed E-state index contributed by atoms with van der Waals surface area (Å²) < 4.78 is 17.1. The number of ether oxygens (including phenoxy) is 2. The highest BCUT2D eigenvalue weighted by Gasteiger charge is 2.20. The van der Waals surface area contributed by atoms with Gasteiger partial charge in [0.05, 0.1) is 25.5 Å². The van der Waals surface area contributed by atoms with Gasteiger partial charge in [0.15, 0.2) is 11.5 Å². The van der Waals surface area contributed by atoms with Crippen molar-refractivity contribution in [2.45, 2.75) is 40.0 Å². The van der Waals surface area contributed by atoms with E-state index in [0.29, 0.717) is 32.5 Å². The van der Waals surface area contributed by atoms with Crippen molar-refractivity contribution in [2.24, 2.45) is 11.7 Å². The lowest BCUT2D eigenvalue weighted by atomic mass is 10.1. The van der Waals surface area contributed by atoms with Crippen LogP contribution in [0, 0.1) is 12.8 Å². The lowest BCUT2D eigenvalue weighted by molar-refractivity contribution is 0.0547. The molecule has 11 nitrogen and oxygen atoms in total. The summed E-state index contributed by atoms with van der Waals surface area (Å²) in [5, 5.41) is 14.6. The second-order valence-electron chi connectivity index (χ2n) is 10.9. The van der Waals surface area contributed by atoms with Gasteiger partial charge < -0.3 is 20.1 Å². The average molecular weight is 556 g/mol. The third-order valence-corrected chi connectivity index (χ3v) is 7.19. The van der Waals surface area contributed by atoms with Gasteiger partial charge in [-0.3, -0.25) is 0 Å². The van der Waals surface area contributed by atoms with Crippen molar-refractivity contribution in [3.63, 3.8) is 0 Å². The van der Waals surface area contributed by atoms with Gasteiger partial charge >= 0.3 is 0 Å². The van der Waals surface area contributed by atoms with E-state index in [-0.39, 0.29) is 6.04 Å². The fourth-order valence-corrected chi connectivity index (χ4v) is 5.15. The Bertz CT molecular complexity index is 1600. The molecule has 214 valence electrons. The number of aromatic nitrogens is 7. The standard InChI is InChI=1S/C30H37N9O2/c1-21(2)15-24(31)19-41-20-38-22(3)16-26(34-38)27-17-29-32-28(18-30(39(29)35-27)36-11-13-40-14-12-36)37-10-9-25(33-37)23-7-5-4-6-8-23/h4-10,16-18,21,24H,11-15,19-20,31H2,1-3H3. The largest absolute Gasteiger partial charge is 0.378 e. The van der Waals surface area contributed by atoms with Gasteiger partial charge in [-0.2, -0.15) is 19.8 Å². The Hall–Kier alpha value is -4.06. The number of nitrogens with zero attached hydrogens (tertiary/aromatic N) is 8. The molecule has 1 aliphatic rings. The number of hydrogen-bond acceptors (Lipinski definition) is 8. The SMILES string of the molecule is Cc1cc(-c2cc3nc(-n4ccc(-c5ccccc5)n4)cc(N4CCOCC4)n3n2)nn1COCC(N)CC(C)C. The topological polar surface area (TPSA) is 114 Å². The van der Waals surface area contributed by atoms with E-state index in [4.69, 9.17) is 35.5 Å². The van der Waals surface area contributed by atoms with Crippen LogP contribution in [0.15, 0.2) is 60.8 Å². The van der Waals surface area contributed by atoms with Gasteiger partial charge in [0, 0.05) is 48.7 Å². The maximum Gasteiger partial charge on any atom is 0.160 e. The highest BCUT2D eigenvalue weighted by molar-refractivity contribution is 5.65. The molecule has 0 spiro atoms. The molecule has 11 heteroatoms. The molecule has 0 aliphatic carbocycles. The molecule has 1 aromatic carbocycles. The van der Waals surface area contributed by atoms with Crippen LogP contribution in [0.1, 0.15) is 26.0 Å². The minimum atomic E-state index is 0.0150. The van der Waals surface area contributed by atoms with Crippen LogP contribution in [0.25, 0.3) is 34.1 Å². The summed E-state index contributed by atoms with van der Waals surface area (Å²) >= 11 is 0. The fraction of sp³-hybridized carbons (Fsp3) is 0.400. The van der Waals surface area contributed by atoms with Crippen molar-refractivity contribution in [3.8, 4) is 28.5 Å². The number of aryl methyl sites for hydroxylation is 1.